The second-order valence-electron chi connectivity index (χ2n) is 5.38. The molecule has 0 aliphatic carbocycles. The molecule has 1 saturated heterocycles. The minimum absolute atomic E-state index is 0.465. The molecular formula is C17H18BrClN2. The highest BCUT2D eigenvalue weighted by molar-refractivity contribution is 9.10. The predicted molar refractivity (Wildman–Crippen MR) is 93.3 cm³/mol. The van der Waals surface area contributed by atoms with E-state index in [2.05, 4.69) is 56.5 Å². The molecule has 2 nitrogen and oxygen atoms in total. The van der Waals surface area contributed by atoms with Gasteiger partial charge in [0.2, 0.25) is 0 Å². The molecule has 1 aliphatic heterocycles. The Morgan fingerprint density at radius 3 is 2.81 bits per heavy atom. The summed E-state index contributed by atoms with van der Waals surface area (Å²) in [5.41, 5.74) is 2.56. The monoisotopic (exact) mass is 364 g/mol. The molecule has 1 aliphatic rings. The van der Waals surface area contributed by atoms with Crippen LogP contribution in [0.25, 0.3) is 0 Å². The van der Waals surface area contributed by atoms with Crippen molar-refractivity contribution in [3.05, 3.63) is 63.6 Å². The Kier molecular flexibility index (Phi) is 4.84. The van der Waals surface area contributed by atoms with Gasteiger partial charge in [0.05, 0.1) is 5.69 Å². The Labute approximate surface area is 139 Å². The van der Waals surface area contributed by atoms with Crippen LogP contribution in [0.3, 0.4) is 0 Å². The predicted octanol–water partition coefficient (Wildman–Crippen LogP) is 4.12. The SMILES string of the molecule is Clc1ccc(Br)c(N2CCNC(Cc3ccccc3)C2)c1. The fraction of sp³-hybridized carbons (Fsp3) is 0.294. The molecule has 1 unspecified atom stereocenters. The van der Waals surface area contributed by atoms with Crippen LogP contribution in [0.5, 0.6) is 0 Å². The maximum Gasteiger partial charge on any atom is 0.0526 e. The maximum absolute atomic E-state index is 6.14. The summed E-state index contributed by atoms with van der Waals surface area (Å²) >= 11 is 9.77. The third-order valence-corrected chi connectivity index (χ3v) is 4.73. The number of piperazine rings is 1. The molecular weight excluding hydrogens is 348 g/mol. The average Bonchev–Trinajstić information content (AvgIpc) is 2.51. The molecule has 2 aromatic rings. The van der Waals surface area contributed by atoms with E-state index in [1.165, 1.54) is 11.3 Å². The summed E-state index contributed by atoms with van der Waals surface area (Å²) in [6, 6.07) is 17.1. The number of hydrogen-bond acceptors (Lipinski definition) is 2. The lowest BCUT2D eigenvalue weighted by Crippen LogP contribution is -2.51. The van der Waals surface area contributed by atoms with E-state index in [1.54, 1.807) is 0 Å². The van der Waals surface area contributed by atoms with Gasteiger partial charge in [-0.25, -0.2) is 0 Å². The van der Waals surface area contributed by atoms with Gasteiger partial charge in [0.25, 0.3) is 0 Å². The zero-order valence-corrected chi connectivity index (χ0v) is 14.1. The van der Waals surface area contributed by atoms with Crippen molar-refractivity contribution >= 4 is 33.2 Å². The molecule has 21 heavy (non-hydrogen) atoms. The molecule has 0 bridgehead atoms. The quantitative estimate of drug-likeness (QED) is 0.880. The molecule has 1 N–H and O–H groups in total. The van der Waals surface area contributed by atoms with Gasteiger partial charge in [0.1, 0.15) is 0 Å². The number of rotatable bonds is 3. The van der Waals surface area contributed by atoms with Crippen LogP contribution in [0.2, 0.25) is 5.02 Å². The third-order valence-electron chi connectivity index (χ3n) is 3.83. The van der Waals surface area contributed by atoms with E-state index in [9.17, 15) is 0 Å². The molecule has 3 rings (SSSR count). The van der Waals surface area contributed by atoms with Gasteiger partial charge >= 0.3 is 0 Å². The maximum atomic E-state index is 6.14. The number of anilines is 1. The van der Waals surface area contributed by atoms with Crippen molar-refractivity contribution in [2.75, 3.05) is 24.5 Å². The van der Waals surface area contributed by atoms with E-state index in [0.717, 1.165) is 35.6 Å². The average molecular weight is 366 g/mol. The van der Waals surface area contributed by atoms with Crippen molar-refractivity contribution in [1.29, 1.82) is 0 Å². The normalized spacial score (nSPS) is 18.8. The van der Waals surface area contributed by atoms with E-state index < -0.39 is 0 Å². The summed E-state index contributed by atoms with van der Waals surface area (Å²) in [6.45, 7) is 2.99. The standard InChI is InChI=1S/C17H18BrClN2/c18-16-7-6-14(19)11-17(16)21-9-8-20-15(12-21)10-13-4-2-1-3-5-13/h1-7,11,15,20H,8-10,12H2. The molecule has 0 aromatic heterocycles. The van der Waals surface area contributed by atoms with Crippen LogP contribution in [-0.4, -0.2) is 25.7 Å². The molecule has 1 atom stereocenters. The summed E-state index contributed by atoms with van der Waals surface area (Å²) in [6.07, 6.45) is 1.05. The van der Waals surface area contributed by atoms with Gasteiger partial charge in [0, 0.05) is 35.2 Å². The lowest BCUT2D eigenvalue weighted by atomic mass is 10.0. The van der Waals surface area contributed by atoms with Gasteiger partial charge in [-0.3, -0.25) is 0 Å². The smallest absolute Gasteiger partial charge is 0.0526 e. The lowest BCUT2D eigenvalue weighted by molar-refractivity contribution is 0.454. The van der Waals surface area contributed by atoms with E-state index in [1.807, 2.05) is 18.2 Å². The highest BCUT2D eigenvalue weighted by Crippen LogP contribution is 2.30. The Morgan fingerprint density at radius 2 is 2.00 bits per heavy atom. The summed E-state index contributed by atoms with van der Waals surface area (Å²) < 4.78 is 1.10. The Balaban J connectivity index is 1.72. The first kappa shape index (κ1) is 14.9. The van der Waals surface area contributed by atoms with Crippen LogP contribution in [0.1, 0.15) is 5.56 Å². The highest BCUT2D eigenvalue weighted by atomic mass is 79.9. The van der Waals surface area contributed by atoms with Crippen LogP contribution in [0, 0.1) is 0 Å². The molecule has 0 saturated carbocycles. The van der Waals surface area contributed by atoms with Crippen LogP contribution in [0.15, 0.2) is 53.0 Å². The van der Waals surface area contributed by atoms with Crippen LogP contribution in [-0.2, 0) is 6.42 Å². The molecule has 0 spiro atoms. The number of nitrogens with one attached hydrogen (secondary N) is 1. The van der Waals surface area contributed by atoms with Crippen molar-refractivity contribution in [2.45, 2.75) is 12.5 Å². The van der Waals surface area contributed by atoms with Crippen molar-refractivity contribution in [2.24, 2.45) is 0 Å². The number of halogens is 2. The molecule has 4 heteroatoms. The van der Waals surface area contributed by atoms with Gasteiger partial charge in [-0.2, -0.15) is 0 Å². The van der Waals surface area contributed by atoms with E-state index in [4.69, 9.17) is 11.6 Å². The minimum Gasteiger partial charge on any atom is -0.368 e. The second-order valence-corrected chi connectivity index (χ2v) is 6.67. The zero-order valence-electron chi connectivity index (χ0n) is 11.7. The van der Waals surface area contributed by atoms with Gasteiger partial charge in [-0.05, 0) is 46.1 Å². The lowest BCUT2D eigenvalue weighted by Gasteiger charge is -2.36. The Bertz CT molecular complexity index is 603. The first-order valence-corrected chi connectivity index (χ1v) is 8.37. The first-order valence-electron chi connectivity index (χ1n) is 7.20. The van der Waals surface area contributed by atoms with Crippen molar-refractivity contribution in [3.8, 4) is 0 Å². The summed E-state index contributed by atoms with van der Waals surface area (Å²) in [5, 5.41) is 4.40. The molecule has 1 fully saturated rings. The van der Waals surface area contributed by atoms with Crippen molar-refractivity contribution in [1.82, 2.24) is 5.32 Å². The third kappa shape index (κ3) is 3.79. The molecule has 0 amide bonds. The Hall–Kier alpha value is -1.03. The van der Waals surface area contributed by atoms with Crippen LogP contribution >= 0.6 is 27.5 Å². The van der Waals surface area contributed by atoms with Gasteiger partial charge in [-0.1, -0.05) is 41.9 Å². The fourth-order valence-corrected chi connectivity index (χ4v) is 3.47. The number of benzene rings is 2. The van der Waals surface area contributed by atoms with Crippen LogP contribution in [0.4, 0.5) is 5.69 Å². The summed E-state index contributed by atoms with van der Waals surface area (Å²) in [5.74, 6) is 0. The number of hydrogen-bond donors (Lipinski definition) is 1. The highest BCUT2D eigenvalue weighted by Gasteiger charge is 2.21. The summed E-state index contributed by atoms with van der Waals surface area (Å²) in [7, 11) is 0. The fourth-order valence-electron chi connectivity index (χ4n) is 2.81. The van der Waals surface area contributed by atoms with E-state index in [-0.39, 0.29) is 0 Å². The molecule has 0 radical (unpaired) electrons. The Morgan fingerprint density at radius 1 is 1.19 bits per heavy atom. The number of nitrogens with zero attached hydrogens (tertiary/aromatic N) is 1. The topological polar surface area (TPSA) is 15.3 Å². The largest absolute Gasteiger partial charge is 0.368 e. The van der Waals surface area contributed by atoms with Gasteiger partial charge in [-0.15, -0.1) is 0 Å². The molecule has 1 heterocycles. The minimum atomic E-state index is 0.465. The van der Waals surface area contributed by atoms with Crippen molar-refractivity contribution in [3.63, 3.8) is 0 Å². The first-order chi connectivity index (χ1) is 10.2. The van der Waals surface area contributed by atoms with Crippen LogP contribution < -0.4 is 10.2 Å². The van der Waals surface area contributed by atoms with E-state index >= 15 is 0 Å². The zero-order chi connectivity index (χ0) is 14.7. The molecule has 110 valence electrons. The second kappa shape index (κ2) is 6.82. The summed E-state index contributed by atoms with van der Waals surface area (Å²) in [4.78, 5) is 2.40. The molecule has 2 aromatic carbocycles. The van der Waals surface area contributed by atoms with E-state index in [0.29, 0.717) is 6.04 Å². The van der Waals surface area contributed by atoms with Gasteiger partial charge in [0.15, 0.2) is 0 Å². The van der Waals surface area contributed by atoms with Crippen molar-refractivity contribution < 1.29 is 0 Å². The van der Waals surface area contributed by atoms with Gasteiger partial charge < -0.3 is 10.2 Å².